The molecule has 0 saturated heterocycles. The summed E-state index contributed by atoms with van der Waals surface area (Å²) in [4.78, 5) is 18.0. The van der Waals surface area contributed by atoms with Crippen LogP contribution in [-0.2, 0) is 4.74 Å². The fraction of sp³-hybridized carbons (Fsp3) is 0.692. The van der Waals surface area contributed by atoms with Gasteiger partial charge in [0.25, 0.3) is 0 Å². The standard InChI is InChI=1S/C13H20N2O2S/c1-3-17-12(16)11-9-18-13(14-11)15(2)8-10-6-4-5-7-10/h9-10H,3-8H2,1-2H3. The monoisotopic (exact) mass is 268 g/mol. The average molecular weight is 268 g/mol. The van der Waals surface area contributed by atoms with Crippen molar-refractivity contribution in [3.8, 4) is 0 Å². The van der Waals surface area contributed by atoms with Gasteiger partial charge in [0.05, 0.1) is 6.61 Å². The molecule has 1 heterocycles. The highest BCUT2D eigenvalue weighted by Crippen LogP contribution is 2.28. The van der Waals surface area contributed by atoms with Crippen molar-refractivity contribution in [1.29, 1.82) is 0 Å². The summed E-state index contributed by atoms with van der Waals surface area (Å²) in [6, 6.07) is 0. The van der Waals surface area contributed by atoms with Gasteiger partial charge in [-0.1, -0.05) is 12.8 Å². The van der Waals surface area contributed by atoms with E-state index in [1.165, 1.54) is 37.0 Å². The third-order valence-corrected chi connectivity index (χ3v) is 4.26. The highest BCUT2D eigenvalue weighted by atomic mass is 32.1. The summed E-state index contributed by atoms with van der Waals surface area (Å²) in [5, 5.41) is 2.68. The zero-order valence-electron chi connectivity index (χ0n) is 11.0. The van der Waals surface area contributed by atoms with Gasteiger partial charge in [0.15, 0.2) is 10.8 Å². The van der Waals surface area contributed by atoms with Gasteiger partial charge in [0, 0.05) is 19.0 Å². The van der Waals surface area contributed by atoms with Gasteiger partial charge < -0.3 is 9.64 Å². The Balaban J connectivity index is 1.93. The topological polar surface area (TPSA) is 42.4 Å². The summed E-state index contributed by atoms with van der Waals surface area (Å²) in [5.41, 5.74) is 0.426. The molecule has 0 amide bonds. The number of carbonyl (C=O) groups is 1. The second-order valence-corrected chi connectivity index (χ2v) is 5.60. The van der Waals surface area contributed by atoms with Crippen LogP contribution in [0.25, 0.3) is 0 Å². The van der Waals surface area contributed by atoms with E-state index in [2.05, 4.69) is 9.88 Å². The SMILES string of the molecule is CCOC(=O)c1csc(N(C)CC2CCCC2)n1. The largest absolute Gasteiger partial charge is 0.461 e. The molecule has 4 nitrogen and oxygen atoms in total. The van der Waals surface area contributed by atoms with Crippen LogP contribution in [0.3, 0.4) is 0 Å². The molecule has 1 aliphatic carbocycles. The van der Waals surface area contributed by atoms with Crippen LogP contribution < -0.4 is 4.90 Å². The molecule has 0 spiro atoms. The molecule has 1 aromatic rings. The minimum Gasteiger partial charge on any atom is -0.461 e. The number of esters is 1. The number of hydrogen-bond donors (Lipinski definition) is 0. The van der Waals surface area contributed by atoms with Crippen molar-refractivity contribution in [3.05, 3.63) is 11.1 Å². The maximum absolute atomic E-state index is 11.5. The van der Waals surface area contributed by atoms with E-state index in [1.807, 2.05) is 7.05 Å². The predicted octanol–water partition coefficient (Wildman–Crippen LogP) is 2.95. The number of hydrogen-bond acceptors (Lipinski definition) is 5. The van der Waals surface area contributed by atoms with Crippen molar-refractivity contribution >= 4 is 22.4 Å². The smallest absolute Gasteiger partial charge is 0.357 e. The molecule has 18 heavy (non-hydrogen) atoms. The number of nitrogens with zero attached hydrogens (tertiary/aromatic N) is 2. The minimum atomic E-state index is -0.325. The Hall–Kier alpha value is -1.10. The Labute approximate surface area is 112 Å². The van der Waals surface area contributed by atoms with Crippen LogP contribution in [0, 0.1) is 5.92 Å². The van der Waals surface area contributed by atoms with Crippen molar-refractivity contribution < 1.29 is 9.53 Å². The normalized spacial score (nSPS) is 15.9. The maximum Gasteiger partial charge on any atom is 0.357 e. The zero-order chi connectivity index (χ0) is 13.0. The van der Waals surface area contributed by atoms with Crippen LogP contribution in [0.4, 0.5) is 5.13 Å². The number of rotatable bonds is 5. The van der Waals surface area contributed by atoms with E-state index in [-0.39, 0.29) is 5.97 Å². The summed E-state index contributed by atoms with van der Waals surface area (Å²) >= 11 is 1.51. The first-order chi connectivity index (χ1) is 8.70. The molecule has 0 atom stereocenters. The molecule has 1 aromatic heterocycles. The molecule has 100 valence electrons. The van der Waals surface area contributed by atoms with Crippen molar-refractivity contribution in [2.24, 2.45) is 5.92 Å². The second-order valence-electron chi connectivity index (χ2n) is 4.77. The van der Waals surface area contributed by atoms with Gasteiger partial charge in [0.1, 0.15) is 0 Å². The summed E-state index contributed by atoms with van der Waals surface area (Å²) in [6.45, 7) is 3.23. The Morgan fingerprint density at radius 2 is 2.28 bits per heavy atom. The van der Waals surface area contributed by atoms with Crippen molar-refractivity contribution in [2.45, 2.75) is 32.6 Å². The molecule has 0 unspecified atom stereocenters. The lowest BCUT2D eigenvalue weighted by Gasteiger charge is -2.19. The first-order valence-electron chi connectivity index (χ1n) is 6.54. The molecule has 0 aliphatic heterocycles. The second kappa shape index (κ2) is 6.18. The van der Waals surface area contributed by atoms with Crippen molar-refractivity contribution in [1.82, 2.24) is 4.98 Å². The fourth-order valence-electron chi connectivity index (χ4n) is 2.40. The lowest BCUT2D eigenvalue weighted by molar-refractivity contribution is 0.0520. The molecular weight excluding hydrogens is 248 g/mol. The highest BCUT2D eigenvalue weighted by Gasteiger charge is 2.19. The van der Waals surface area contributed by atoms with E-state index in [0.717, 1.165) is 17.6 Å². The van der Waals surface area contributed by atoms with Gasteiger partial charge >= 0.3 is 5.97 Å². The third kappa shape index (κ3) is 3.22. The van der Waals surface area contributed by atoms with Crippen molar-refractivity contribution in [2.75, 3.05) is 25.1 Å². The maximum atomic E-state index is 11.5. The Morgan fingerprint density at radius 3 is 2.94 bits per heavy atom. The van der Waals surface area contributed by atoms with Crippen molar-refractivity contribution in [3.63, 3.8) is 0 Å². The molecule has 0 radical (unpaired) electrons. The predicted molar refractivity (Wildman–Crippen MR) is 73.3 cm³/mol. The van der Waals surface area contributed by atoms with Crippen LogP contribution >= 0.6 is 11.3 Å². The first kappa shape index (κ1) is 13.3. The van der Waals surface area contributed by atoms with E-state index in [4.69, 9.17) is 4.74 Å². The fourth-order valence-corrected chi connectivity index (χ4v) is 3.17. The number of ether oxygens (including phenoxy) is 1. The number of anilines is 1. The van der Waals surface area contributed by atoms with Crippen LogP contribution in [0.2, 0.25) is 0 Å². The summed E-state index contributed by atoms with van der Waals surface area (Å²) in [7, 11) is 2.05. The molecule has 0 bridgehead atoms. The summed E-state index contributed by atoms with van der Waals surface area (Å²) < 4.78 is 4.94. The van der Waals surface area contributed by atoms with Gasteiger partial charge in [0.2, 0.25) is 0 Å². The van der Waals surface area contributed by atoms with Gasteiger partial charge in [-0.3, -0.25) is 0 Å². The molecular formula is C13H20N2O2S. The minimum absolute atomic E-state index is 0.325. The highest BCUT2D eigenvalue weighted by molar-refractivity contribution is 7.13. The molecule has 2 rings (SSSR count). The quantitative estimate of drug-likeness (QED) is 0.770. The third-order valence-electron chi connectivity index (χ3n) is 3.31. The summed E-state index contributed by atoms with van der Waals surface area (Å²) in [5.74, 6) is 0.458. The van der Waals surface area contributed by atoms with E-state index in [0.29, 0.717) is 12.3 Å². The van der Waals surface area contributed by atoms with Gasteiger partial charge in [-0.05, 0) is 25.7 Å². The lowest BCUT2D eigenvalue weighted by atomic mass is 10.1. The first-order valence-corrected chi connectivity index (χ1v) is 7.42. The molecule has 1 aliphatic rings. The van der Waals surface area contributed by atoms with E-state index in [1.54, 1.807) is 12.3 Å². The van der Waals surface area contributed by atoms with Gasteiger partial charge in [-0.15, -0.1) is 11.3 Å². The Morgan fingerprint density at radius 1 is 1.56 bits per heavy atom. The van der Waals surface area contributed by atoms with Crippen LogP contribution in [0.1, 0.15) is 43.1 Å². The van der Waals surface area contributed by atoms with E-state index >= 15 is 0 Å². The molecule has 1 saturated carbocycles. The van der Waals surface area contributed by atoms with Crippen LogP contribution in [0.15, 0.2) is 5.38 Å². The molecule has 0 aromatic carbocycles. The molecule has 5 heteroatoms. The van der Waals surface area contributed by atoms with E-state index in [9.17, 15) is 4.79 Å². The average Bonchev–Trinajstić information content (AvgIpc) is 2.99. The van der Waals surface area contributed by atoms with Crippen LogP contribution in [-0.4, -0.2) is 31.2 Å². The van der Waals surface area contributed by atoms with Gasteiger partial charge in [-0.2, -0.15) is 0 Å². The molecule has 0 N–H and O–H groups in total. The Bertz CT molecular complexity index is 399. The number of thiazole rings is 1. The van der Waals surface area contributed by atoms with Crippen LogP contribution in [0.5, 0.6) is 0 Å². The summed E-state index contributed by atoms with van der Waals surface area (Å²) in [6.07, 6.45) is 5.34. The zero-order valence-corrected chi connectivity index (χ0v) is 11.8. The number of carbonyl (C=O) groups excluding carboxylic acids is 1. The Kier molecular flexibility index (Phi) is 4.58. The number of aromatic nitrogens is 1. The lowest BCUT2D eigenvalue weighted by Crippen LogP contribution is -2.24. The van der Waals surface area contributed by atoms with Gasteiger partial charge in [-0.25, -0.2) is 9.78 Å². The van der Waals surface area contributed by atoms with E-state index < -0.39 is 0 Å². The molecule has 1 fully saturated rings.